The van der Waals surface area contributed by atoms with Crippen LogP contribution >= 0.6 is 0 Å². The maximum Gasteiger partial charge on any atom is 0.337 e. The SMILES string of the molecule is CC(O)(CNC(=O)c1ccno1)C(=O)O. The first-order valence-corrected chi connectivity index (χ1v) is 4.08. The molecule has 82 valence electrons. The van der Waals surface area contributed by atoms with E-state index in [1.165, 1.54) is 12.3 Å². The van der Waals surface area contributed by atoms with Crippen LogP contribution in [0.2, 0.25) is 0 Å². The lowest BCUT2D eigenvalue weighted by molar-refractivity contribution is -0.155. The number of hydrogen-bond acceptors (Lipinski definition) is 5. The van der Waals surface area contributed by atoms with Gasteiger partial charge in [-0.25, -0.2) is 4.79 Å². The van der Waals surface area contributed by atoms with Crippen molar-refractivity contribution in [2.45, 2.75) is 12.5 Å². The Morgan fingerprint density at radius 2 is 2.33 bits per heavy atom. The Labute approximate surface area is 84.7 Å². The molecule has 1 aromatic heterocycles. The maximum absolute atomic E-state index is 11.2. The predicted octanol–water partition coefficient (Wildman–Crippen LogP) is -0.760. The summed E-state index contributed by atoms with van der Waals surface area (Å²) in [6.45, 7) is 0.665. The van der Waals surface area contributed by atoms with Gasteiger partial charge in [0.1, 0.15) is 0 Å². The first kappa shape index (κ1) is 11.2. The highest BCUT2D eigenvalue weighted by Gasteiger charge is 2.30. The molecule has 1 atom stereocenters. The van der Waals surface area contributed by atoms with E-state index in [-0.39, 0.29) is 5.76 Å². The number of nitrogens with zero attached hydrogens (tertiary/aromatic N) is 1. The van der Waals surface area contributed by atoms with Gasteiger partial charge in [-0.2, -0.15) is 0 Å². The lowest BCUT2D eigenvalue weighted by Gasteiger charge is -2.17. The second kappa shape index (κ2) is 4.09. The molecule has 1 amide bonds. The van der Waals surface area contributed by atoms with Crippen molar-refractivity contribution in [1.29, 1.82) is 0 Å². The van der Waals surface area contributed by atoms with Crippen molar-refractivity contribution < 1.29 is 24.3 Å². The molecule has 0 aliphatic carbocycles. The third kappa shape index (κ3) is 2.78. The van der Waals surface area contributed by atoms with Crippen LogP contribution in [-0.2, 0) is 4.79 Å². The number of carboxylic acids is 1. The van der Waals surface area contributed by atoms with E-state index < -0.39 is 24.0 Å². The van der Waals surface area contributed by atoms with Crippen LogP contribution in [0.1, 0.15) is 17.5 Å². The number of rotatable bonds is 4. The fourth-order valence-electron chi connectivity index (χ4n) is 0.748. The molecule has 3 N–H and O–H groups in total. The van der Waals surface area contributed by atoms with Gasteiger partial charge >= 0.3 is 5.97 Å². The van der Waals surface area contributed by atoms with Crippen molar-refractivity contribution in [3.05, 3.63) is 18.0 Å². The number of amides is 1. The van der Waals surface area contributed by atoms with Crippen LogP contribution in [0.5, 0.6) is 0 Å². The molecule has 7 heteroatoms. The number of hydrogen-bond donors (Lipinski definition) is 3. The minimum Gasteiger partial charge on any atom is -0.479 e. The Bertz CT molecular complexity index is 357. The number of nitrogens with one attached hydrogen (secondary N) is 1. The molecule has 0 radical (unpaired) electrons. The Balaban J connectivity index is 2.51. The average Bonchev–Trinajstić information content (AvgIpc) is 2.66. The zero-order valence-corrected chi connectivity index (χ0v) is 7.93. The molecule has 0 aliphatic rings. The highest BCUT2D eigenvalue weighted by molar-refractivity contribution is 5.91. The van der Waals surface area contributed by atoms with Crippen molar-refractivity contribution in [3.63, 3.8) is 0 Å². The quantitative estimate of drug-likeness (QED) is 0.607. The average molecular weight is 214 g/mol. The first-order chi connectivity index (χ1) is 6.93. The minimum absolute atomic E-state index is 0.0452. The normalized spacial score (nSPS) is 14.3. The summed E-state index contributed by atoms with van der Waals surface area (Å²) in [5.41, 5.74) is -2.00. The van der Waals surface area contributed by atoms with Crippen LogP contribution < -0.4 is 5.32 Å². The highest BCUT2D eigenvalue weighted by Crippen LogP contribution is 2.02. The fourth-order valence-corrected chi connectivity index (χ4v) is 0.748. The molecule has 1 rings (SSSR count). The van der Waals surface area contributed by atoms with Gasteiger partial charge in [0.15, 0.2) is 5.60 Å². The predicted molar refractivity (Wildman–Crippen MR) is 47.1 cm³/mol. The van der Waals surface area contributed by atoms with Crippen LogP contribution in [-0.4, -0.2) is 39.4 Å². The van der Waals surface area contributed by atoms with E-state index in [9.17, 15) is 14.7 Å². The number of carbonyl (C=O) groups excluding carboxylic acids is 1. The lowest BCUT2D eigenvalue weighted by Crippen LogP contribution is -2.46. The molecule has 0 aromatic carbocycles. The van der Waals surface area contributed by atoms with E-state index in [1.807, 2.05) is 0 Å². The molecule has 0 aliphatic heterocycles. The Morgan fingerprint density at radius 1 is 1.67 bits per heavy atom. The van der Waals surface area contributed by atoms with E-state index in [2.05, 4.69) is 15.0 Å². The van der Waals surface area contributed by atoms with Crippen LogP contribution in [0, 0.1) is 0 Å². The van der Waals surface area contributed by atoms with Crippen LogP contribution in [0.4, 0.5) is 0 Å². The fraction of sp³-hybridized carbons (Fsp3) is 0.375. The first-order valence-electron chi connectivity index (χ1n) is 4.08. The summed E-state index contributed by atoms with van der Waals surface area (Å²) in [6, 6.07) is 1.32. The van der Waals surface area contributed by atoms with Crippen molar-refractivity contribution in [1.82, 2.24) is 10.5 Å². The summed E-state index contributed by atoms with van der Waals surface area (Å²) < 4.78 is 4.53. The monoisotopic (exact) mass is 214 g/mol. The van der Waals surface area contributed by atoms with Crippen LogP contribution in [0.15, 0.2) is 16.8 Å². The topological polar surface area (TPSA) is 113 Å². The summed E-state index contributed by atoms with van der Waals surface area (Å²) in [7, 11) is 0. The van der Waals surface area contributed by atoms with Crippen molar-refractivity contribution >= 4 is 11.9 Å². The maximum atomic E-state index is 11.2. The summed E-state index contributed by atoms with van der Waals surface area (Å²) in [6.07, 6.45) is 1.28. The van der Waals surface area contributed by atoms with Crippen molar-refractivity contribution in [2.75, 3.05) is 6.54 Å². The minimum atomic E-state index is -2.00. The molecule has 1 aromatic rings. The highest BCUT2D eigenvalue weighted by atomic mass is 16.5. The number of aliphatic hydroxyl groups is 1. The van der Waals surface area contributed by atoms with Gasteiger partial charge in [0.25, 0.3) is 5.91 Å². The molecule has 7 nitrogen and oxygen atoms in total. The van der Waals surface area contributed by atoms with E-state index in [4.69, 9.17) is 5.11 Å². The zero-order chi connectivity index (χ0) is 11.5. The van der Waals surface area contributed by atoms with E-state index in [1.54, 1.807) is 0 Å². The molecule has 0 saturated heterocycles. The molecule has 1 heterocycles. The number of aromatic nitrogens is 1. The molecule has 0 saturated carbocycles. The Kier molecular flexibility index (Phi) is 3.05. The second-order valence-corrected chi connectivity index (χ2v) is 3.14. The van der Waals surface area contributed by atoms with Gasteiger partial charge in [-0.3, -0.25) is 4.79 Å². The summed E-state index contributed by atoms with van der Waals surface area (Å²) in [4.78, 5) is 21.7. The van der Waals surface area contributed by atoms with Gasteiger partial charge in [0.05, 0.1) is 12.7 Å². The van der Waals surface area contributed by atoms with Gasteiger partial charge in [-0.15, -0.1) is 0 Å². The van der Waals surface area contributed by atoms with Crippen molar-refractivity contribution in [2.24, 2.45) is 0 Å². The number of carboxylic acid groups (broad SMARTS) is 1. The molecule has 1 unspecified atom stereocenters. The molecule has 0 spiro atoms. The van der Waals surface area contributed by atoms with Gasteiger partial charge < -0.3 is 20.1 Å². The second-order valence-electron chi connectivity index (χ2n) is 3.14. The molecule has 15 heavy (non-hydrogen) atoms. The molecule has 0 bridgehead atoms. The number of carbonyl (C=O) groups is 2. The zero-order valence-electron chi connectivity index (χ0n) is 7.93. The van der Waals surface area contributed by atoms with E-state index >= 15 is 0 Å². The number of aliphatic carboxylic acids is 1. The van der Waals surface area contributed by atoms with Gasteiger partial charge in [0.2, 0.25) is 5.76 Å². The smallest absolute Gasteiger partial charge is 0.337 e. The third-order valence-electron chi connectivity index (χ3n) is 1.72. The van der Waals surface area contributed by atoms with Crippen LogP contribution in [0.3, 0.4) is 0 Å². The lowest BCUT2D eigenvalue weighted by atomic mass is 10.1. The third-order valence-corrected chi connectivity index (χ3v) is 1.72. The van der Waals surface area contributed by atoms with E-state index in [0.717, 1.165) is 6.92 Å². The van der Waals surface area contributed by atoms with Gasteiger partial charge in [-0.05, 0) is 6.92 Å². The molecular formula is C8H10N2O5. The molecule has 0 fully saturated rings. The summed E-state index contributed by atoms with van der Waals surface area (Å²) in [5, 5.41) is 23.3. The Hall–Kier alpha value is -1.89. The summed E-state index contributed by atoms with van der Waals surface area (Å²) in [5.74, 6) is -2.09. The standard InChI is InChI=1S/C8H10N2O5/c1-8(14,7(12)13)4-9-6(11)5-2-3-10-15-5/h2-3,14H,4H2,1H3,(H,9,11)(H,12,13). The van der Waals surface area contributed by atoms with Gasteiger partial charge in [0, 0.05) is 6.07 Å². The van der Waals surface area contributed by atoms with Crippen molar-refractivity contribution in [3.8, 4) is 0 Å². The largest absolute Gasteiger partial charge is 0.479 e. The Morgan fingerprint density at radius 3 is 2.80 bits per heavy atom. The van der Waals surface area contributed by atoms with Crippen LogP contribution in [0.25, 0.3) is 0 Å². The summed E-state index contributed by atoms with van der Waals surface area (Å²) >= 11 is 0. The van der Waals surface area contributed by atoms with E-state index in [0.29, 0.717) is 0 Å². The molecular weight excluding hydrogens is 204 g/mol. The van der Waals surface area contributed by atoms with Gasteiger partial charge in [-0.1, -0.05) is 5.16 Å².